The van der Waals surface area contributed by atoms with Gasteiger partial charge >= 0.3 is 0 Å². The zero-order valence-electron chi connectivity index (χ0n) is 14.9. The monoisotopic (exact) mass is 337 g/mol. The highest BCUT2D eigenvalue weighted by Crippen LogP contribution is 2.36. The van der Waals surface area contributed by atoms with Gasteiger partial charge in [-0.15, -0.1) is 0 Å². The summed E-state index contributed by atoms with van der Waals surface area (Å²) in [6.45, 7) is 0. The number of phenolic OH excluding ortho intramolecular Hbond substituents is 1. The maximum Gasteiger partial charge on any atom is 0.127 e. The second-order valence-electron chi connectivity index (χ2n) is 6.78. The van der Waals surface area contributed by atoms with Crippen LogP contribution in [0.15, 0.2) is 47.5 Å². The topological polar surface area (TPSA) is 41.8 Å². The fourth-order valence-corrected chi connectivity index (χ4v) is 3.59. The minimum absolute atomic E-state index is 0.394. The summed E-state index contributed by atoms with van der Waals surface area (Å²) in [5, 5.41) is 10.8. The van der Waals surface area contributed by atoms with Gasteiger partial charge in [-0.2, -0.15) is 0 Å². The Bertz CT molecular complexity index is 698. The lowest BCUT2D eigenvalue weighted by Crippen LogP contribution is -2.03. The molecule has 0 radical (unpaired) electrons. The molecule has 0 spiro atoms. The summed E-state index contributed by atoms with van der Waals surface area (Å²) in [6.07, 6.45) is 10.6. The van der Waals surface area contributed by atoms with Gasteiger partial charge in [0.25, 0.3) is 0 Å². The zero-order chi connectivity index (χ0) is 17.5. The third-order valence-electron chi connectivity index (χ3n) is 5.07. The third kappa shape index (κ3) is 4.62. The number of aromatic hydroxyl groups is 1. The number of benzene rings is 2. The number of methoxy groups -OCH3 is 1. The van der Waals surface area contributed by atoms with Gasteiger partial charge in [-0.1, -0.05) is 44.2 Å². The first-order valence-electron chi connectivity index (χ1n) is 9.28. The van der Waals surface area contributed by atoms with Crippen molar-refractivity contribution in [1.82, 2.24) is 0 Å². The largest absolute Gasteiger partial charge is 0.507 e. The molecule has 3 heteroatoms. The van der Waals surface area contributed by atoms with Gasteiger partial charge in [0.1, 0.15) is 11.5 Å². The number of hydrogen-bond acceptors (Lipinski definition) is 3. The van der Waals surface area contributed by atoms with Crippen molar-refractivity contribution >= 4 is 11.9 Å². The summed E-state index contributed by atoms with van der Waals surface area (Å²) < 4.78 is 5.16. The lowest BCUT2D eigenvalue weighted by atomic mass is 9.85. The predicted molar refractivity (Wildman–Crippen MR) is 103 cm³/mol. The molecule has 1 aliphatic rings. The highest BCUT2D eigenvalue weighted by Gasteiger charge is 2.18. The predicted octanol–water partition coefficient (Wildman–Crippen LogP) is 5.98. The van der Waals surface area contributed by atoms with Gasteiger partial charge in [0.05, 0.1) is 12.8 Å². The second kappa shape index (κ2) is 8.70. The summed E-state index contributed by atoms with van der Waals surface area (Å²) in [5.41, 5.74) is 2.72. The molecule has 0 amide bonds. The molecule has 0 bridgehead atoms. The third-order valence-corrected chi connectivity index (χ3v) is 5.07. The van der Waals surface area contributed by atoms with Gasteiger partial charge in [0.15, 0.2) is 0 Å². The molecule has 2 aromatic rings. The van der Waals surface area contributed by atoms with Crippen molar-refractivity contribution in [3.8, 4) is 11.5 Å². The number of para-hydroxylation sites is 1. The minimum Gasteiger partial charge on any atom is -0.507 e. The quantitative estimate of drug-likeness (QED) is 0.697. The standard InChI is InChI=1S/C22H27NO2/c1-25-20-14-12-19(13-15-20)23-16-18-10-7-11-21(22(18)24)17-8-5-3-2-4-6-9-17/h7,10-17,24H,2-6,8-9H2,1H3. The molecule has 1 aliphatic carbocycles. The summed E-state index contributed by atoms with van der Waals surface area (Å²) in [6, 6.07) is 13.6. The average molecular weight is 337 g/mol. The van der Waals surface area contributed by atoms with Gasteiger partial charge in [0, 0.05) is 11.8 Å². The van der Waals surface area contributed by atoms with E-state index in [4.69, 9.17) is 4.74 Å². The van der Waals surface area contributed by atoms with Crippen LogP contribution < -0.4 is 4.74 Å². The van der Waals surface area contributed by atoms with Crippen LogP contribution in [0.4, 0.5) is 5.69 Å². The minimum atomic E-state index is 0.394. The van der Waals surface area contributed by atoms with Crippen LogP contribution in [0, 0.1) is 0 Å². The Labute approximate surface area is 150 Å². The van der Waals surface area contributed by atoms with Crippen molar-refractivity contribution < 1.29 is 9.84 Å². The first kappa shape index (κ1) is 17.5. The van der Waals surface area contributed by atoms with E-state index in [2.05, 4.69) is 11.1 Å². The maximum absolute atomic E-state index is 10.8. The first-order chi connectivity index (χ1) is 12.3. The number of hydrogen-bond donors (Lipinski definition) is 1. The Morgan fingerprint density at radius 3 is 2.32 bits per heavy atom. The zero-order valence-corrected chi connectivity index (χ0v) is 14.9. The number of aliphatic imine (C=N–C) groups is 1. The fourth-order valence-electron chi connectivity index (χ4n) is 3.59. The molecule has 1 saturated carbocycles. The average Bonchev–Trinajstić information content (AvgIpc) is 2.62. The van der Waals surface area contributed by atoms with Crippen LogP contribution in [-0.2, 0) is 0 Å². The molecule has 0 unspecified atom stereocenters. The van der Waals surface area contributed by atoms with Crippen LogP contribution in [0.3, 0.4) is 0 Å². The fraction of sp³-hybridized carbons (Fsp3) is 0.409. The molecule has 0 heterocycles. The SMILES string of the molecule is COc1ccc(N=Cc2cccc(C3CCCCCCC3)c2O)cc1. The maximum atomic E-state index is 10.8. The van der Waals surface area contributed by atoms with Crippen molar-refractivity contribution in [3.05, 3.63) is 53.6 Å². The number of phenols is 1. The summed E-state index contributed by atoms with van der Waals surface area (Å²) in [5.74, 6) is 1.67. The van der Waals surface area contributed by atoms with Gasteiger partial charge < -0.3 is 9.84 Å². The van der Waals surface area contributed by atoms with Gasteiger partial charge in [-0.05, 0) is 54.7 Å². The van der Waals surface area contributed by atoms with Gasteiger partial charge in [-0.25, -0.2) is 0 Å². The molecule has 0 aromatic heterocycles. The van der Waals surface area contributed by atoms with Crippen LogP contribution in [0.1, 0.15) is 62.0 Å². The molecule has 2 aromatic carbocycles. The molecule has 1 fully saturated rings. The van der Waals surface area contributed by atoms with Crippen molar-refractivity contribution in [2.24, 2.45) is 4.99 Å². The Morgan fingerprint density at radius 2 is 1.64 bits per heavy atom. The van der Waals surface area contributed by atoms with Crippen LogP contribution in [0.2, 0.25) is 0 Å². The Kier molecular flexibility index (Phi) is 6.10. The lowest BCUT2D eigenvalue weighted by molar-refractivity contribution is 0.415. The van der Waals surface area contributed by atoms with E-state index in [1.165, 1.54) is 44.9 Å². The summed E-state index contributed by atoms with van der Waals surface area (Å²) in [7, 11) is 1.65. The van der Waals surface area contributed by atoms with E-state index in [1.54, 1.807) is 13.3 Å². The number of ether oxygens (including phenoxy) is 1. The molecule has 3 rings (SSSR count). The summed E-state index contributed by atoms with van der Waals surface area (Å²) in [4.78, 5) is 4.49. The molecule has 0 atom stereocenters. The smallest absolute Gasteiger partial charge is 0.127 e. The summed E-state index contributed by atoms with van der Waals surface area (Å²) >= 11 is 0. The molecular weight excluding hydrogens is 310 g/mol. The Hall–Kier alpha value is -2.29. The Balaban J connectivity index is 1.78. The van der Waals surface area contributed by atoms with Crippen LogP contribution in [-0.4, -0.2) is 18.4 Å². The van der Waals surface area contributed by atoms with Gasteiger partial charge in [-0.3, -0.25) is 4.99 Å². The van der Waals surface area contributed by atoms with Crippen LogP contribution >= 0.6 is 0 Å². The highest BCUT2D eigenvalue weighted by molar-refractivity contribution is 5.86. The molecule has 1 N–H and O–H groups in total. The number of nitrogens with zero attached hydrogens (tertiary/aromatic N) is 1. The molecule has 0 aliphatic heterocycles. The molecule has 132 valence electrons. The van der Waals surface area contributed by atoms with E-state index in [9.17, 15) is 5.11 Å². The van der Waals surface area contributed by atoms with Crippen molar-refractivity contribution in [3.63, 3.8) is 0 Å². The normalized spacial score (nSPS) is 16.5. The lowest BCUT2D eigenvalue weighted by Gasteiger charge is -2.21. The first-order valence-corrected chi connectivity index (χ1v) is 9.28. The highest BCUT2D eigenvalue weighted by atomic mass is 16.5. The van der Waals surface area contributed by atoms with E-state index < -0.39 is 0 Å². The van der Waals surface area contributed by atoms with E-state index >= 15 is 0 Å². The molecule has 3 nitrogen and oxygen atoms in total. The van der Waals surface area contributed by atoms with Crippen molar-refractivity contribution in [2.75, 3.05) is 7.11 Å². The molecule has 25 heavy (non-hydrogen) atoms. The van der Waals surface area contributed by atoms with Crippen molar-refractivity contribution in [2.45, 2.75) is 50.9 Å². The number of rotatable bonds is 4. The van der Waals surface area contributed by atoms with Crippen LogP contribution in [0.5, 0.6) is 11.5 Å². The van der Waals surface area contributed by atoms with E-state index in [0.717, 1.165) is 22.6 Å². The van der Waals surface area contributed by atoms with Gasteiger partial charge in [0.2, 0.25) is 0 Å². The van der Waals surface area contributed by atoms with Crippen molar-refractivity contribution in [1.29, 1.82) is 0 Å². The molecule has 0 saturated heterocycles. The Morgan fingerprint density at radius 1 is 0.960 bits per heavy atom. The molecular formula is C22H27NO2. The van der Waals surface area contributed by atoms with E-state index in [-0.39, 0.29) is 0 Å². The van der Waals surface area contributed by atoms with Crippen LogP contribution in [0.25, 0.3) is 0 Å². The second-order valence-corrected chi connectivity index (χ2v) is 6.78. The van der Waals surface area contributed by atoms with E-state index in [0.29, 0.717) is 11.7 Å². The van der Waals surface area contributed by atoms with E-state index in [1.807, 2.05) is 36.4 Å².